The molecule has 0 heterocycles. The SMILES string of the molecule is CNCC(=O)N(C)COC(C)(C)CC(=O)NC(CSC(CC=O)OC)C(=O)NC(C)(C)COC(C)(C)CC(=O)NC(C)CCCCN. The summed E-state index contributed by atoms with van der Waals surface area (Å²) in [5.41, 5.74) is 2.47. The van der Waals surface area contributed by atoms with Crippen molar-refractivity contribution in [1.29, 1.82) is 0 Å². The third kappa shape index (κ3) is 21.3. The fourth-order valence-electron chi connectivity index (χ4n) is 4.27. The lowest BCUT2D eigenvalue weighted by molar-refractivity contribution is -0.143. The first-order chi connectivity index (χ1) is 21.8. The minimum absolute atomic E-state index is 0.0121. The van der Waals surface area contributed by atoms with Crippen LogP contribution in [0, 0.1) is 0 Å². The highest BCUT2D eigenvalue weighted by Crippen LogP contribution is 2.20. The van der Waals surface area contributed by atoms with E-state index in [0.29, 0.717) is 6.54 Å². The largest absolute Gasteiger partial charge is 0.373 e. The van der Waals surface area contributed by atoms with E-state index >= 15 is 0 Å². The van der Waals surface area contributed by atoms with E-state index in [9.17, 15) is 24.0 Å². The average Bonchev–Trinajstić information content (AvgIpc) is 2.95. The molecule has 3 unspecified atom stereocenters. The van der Waals surface area contributed by atoms with Gasteiger partial charge in [-0.1, -0.05) is 6.42 Å². The zero-order valence-corrected chi connectivity index (χ0v) is 31.1. The molecule has 0 rings (SSSR count). The van der Waals surface area contributed by atoms with Crippen molar-refractivity contribution in [3.8, 4) is 0 Å². The lowest BCUT2D eigenvalue weighted by atomic mass is 10.0. The maximum atomic E-state index is 13.5. The summed E-state index contributed by atoms with van der Waals surface area (Å²) >= 11 is 1.23. The number of nitrogens with zero attached hydrogens (tertiary/aromatic N) is 1. The maximum Gasteiger partial charge on any atom is 0.243 e. The van der Waals surface area contributed by atoms with Crippen LogP contribution in [0.5, 0.6) is 0 Å². The van der Waals surface area contributed by atoms with E-state index in [-0.39, 0.29) is 62.8 Å². The standard InChI is InChI=1S/C32H62N6O8S/c1-23(13-11-12-15-33)35-25(40)17-31(4,5)45-21-30(2,3)37-29(43)24(20-47-28(44-10)14-16-39)36-26(41)18-32(6,7)46-22-38(9)27(42)19-34-8/h16,23-24,28,34H,11-15,17-22,33H2,1-10H3,(H,35,40)(H,36,41)(H,37,43). The highest BCUT2D eigenvalue weighted by molar-refractivity contribution is 7.99. The molecule has 0 aromatic carbocycles. The van der Waals surface area contributed by atoms with Gasteiger partial charge in [0.25, 0.3) is 0 Å². The summed E-state index contributed by atoms with van der Waals surface area (Å²) in [5.74, 6) is -1.02. The highest BCUT2D eigenvalue weighted by atomic mass is 32.2. The summed E-state index contributed by atoms with van der Waals surface area (Å²) in [5, 5.41) is 11.5. The number of likely N-dealkylation sites (N-methyl/N-ethyl adjacent to an activating group) is 2. The van der Waals surface area contributed by atoms with Gasteiger partial charge in [-0.2, -0.15) is 0 Å². The van der Waals surface area contributed by atoms with Crippen molar-refractivity contribution in [3.05, 3.63) is 0 Å². The predicted octanol–water partition coefficient (Wildman–Crippen LogP) is 1.30. The van der Waals surface area contributed by atoms with Crippen LogP contribution >= 0.6 is 11.8 Å². The van der Waals surface area contributed by atoms with Crippen LogP contribution in [0.1, 0.15) is 87.0 Å². The van der Waals surface area contributed by atoms with Gasteiger partial charge in [-0.05, 0) is 74.9 Å². The van der Waals surface area contributed by atoms with E-state index in [1.807, 2.05) is 20.8 Å². The van der Waals surface area contributed by atoms with Gasteiger partial charge in [-0.3, -0.25) is 19.2 Å². The summed E-state index contributed by atoms with van der Waals surface area (Å²) in [6.07, 6.45) is 3.62. The van der Waals surface area contributed by atoms with Crippen molar-refractivity contribution in [3.63, 3.8) is 0 Å². The van der Waals surface area contributed by atoms with Gasteiger partial charge in [0.05, 0.1) is 42.7 Å². The number of amides is 4. The first kappa shape index (κ1) is 44.7. The van der Waals surface area contributed by atoms with E-state index in [0.717, 1.165) is 25.5 Å². The van der Waals surface area contributed by atoms with E-state index in [2.05, 4.69) is 21.3 Å². The van der Waals surface area contributed by atoms with Crippen molar-refractivity contribution in [2.45, 2.75) is 121 Å². The minimum atomic E-state index is -0.966. The molecule has 4 amide bonds. The summed E-state index contributed by atoms with van der Waals surface area (Å²) in [6.45, 7) is 13.5. The molecule has 15 heteroatoms. The second kappa shape index (κ2) is 22.4. The lowest BCUT2D eigenvalue weighted by Gasteiger charge is -2.34. The van der Waals surface area contributed by atoms with E-state index < -0.39 is 40.0 Å². The van der Waals surface area contributed by atoms with Crippen LogP contribution in [-0.2, 0) is 38.2 Å². The quantitative estimate of drug-likeness (QED) is 0.0500. The number of thioether (sulfide) groups is 1. The fraction of sp³-hybridized carbons (Fsp3) is 0.844. The van der Waals surface area contributed by atoms with Crippen LogP contribution < -0.4 is 27.0 Å². The molecule has 0 aliphatic heterocycles. The molecule has 0 aromatic rings. The molecular formula is C32H62N6O8S. The number of carbonyl (C=O) groups is 5. The summed E-state index contributed by atoms with van der Waals surface area (Å²) in [4.78, 5) is 63.8. The highest BCUT2D eigenvalue weighted by Gasteiger charge is 2.33. The average molecular weight is 691 g/mol. The molecule has 0 bridgehead atoms. The van der Waals surface area contributed by atoms with E-state index in [1.165, 1.54) is 23.8 Å². The molecular weight excluding hydrogens is 628 g/mol. The Balaban J connectivity index is 5.38. The van der Waals surface area contributed by atoms with Crippen molar-refractivity contribution in [2.75, 3.05) is 53.4 Å². The molecule has 6 N–H and O–H groups in total. The van der Waals surface area contributed by atoms with E-state index in [4.69, 9.17) is 19.9 Å². The van der Waals surface area contributed by atoms with Crippen LogP contribution in [0.4, 0.5) is 0 Å². The number of nitrogens with two attached hydrogens (primary N) is 1. The lowest BCUT2D eigenvalue weighted by Crippen LogP contribution is -2.57. The fourth-order valence-corrected chi connectivity index (χ4v) is 5.27. The molecule has 0 saturated heterocycles. The molecule has 274 valence electrons. The number of carbonyl (C=O) groups excluding carboxylic acids is 5. The van der Waals surface area contributed by atoms with Crippen LogP contribution in [0.25, 0.3) is 0 Å². The third-order valence-corrected chi connectivity index (χ3v) is 8.29. The third-order valence-electron chi connectivity index (χ3n) is 7.01. The Morgan fingerprint density at radius 2 is 1.55 bits per heavy atom. The number of rotatable bonds is 26. The van der Waals surface area contributed by atoms with Crippen LogP contribution in [0.2, 0.25) is 0 Å². The van der Waals surface area contributed by atoms with Gasteiger partial charge in [-0.25, -0.2) is 0 Å². The Labute approximate surface area is 286 Å². The van der Waals surface area contributed by atoms with Crippen LogP contribution in [0.15, 0.2) is 0 Å². The van der Waals surface area contributed by atoms with Crippen LogP contribution in [0.3, 0.4) is 0 Å². The van der Waals surface area contributed by atoms with Gasteiger partial charge >= 0.3 is 0 Å². The zero-order valence-electron chi connectivity index (χ0n) is 30.3. The second-order valence-electron chi connectivity index (χ2n) is 13.7. The number of nitrogens with one attached hydrogen (secondary N) is 4. The molecule has 14 nitrogen and oxygen atoms in total. The molecule has 0 aliphatic rings. The Morgan fingerprint density at radius 3 is 2.11 bits per heavy atom. The zero-order chi connectivity index (χ0) is 36.3. The number of methoxy groups -OCH3 is 1. The maximum absolute atomic E-state index is 13.5. The smallest absolute Gasteiger partial charge is 0.243 e. The summed E-state index contributed by atoms with van der Waals surface area (Å²) in [6, 6.07) is -0.938. The Kier molecular flexibility index (Phi) is 21.3. The van der Waals surface area contributed by atoms with Crippen molar-refractivity contribution < 1.29 is 38.2 Å². The molecule has 0 saturated carbocycles. The number of hydrogen-bond donors (Lipinski definition) is 5. The van der Waals surface area contributed by atoms with Gasteiger partial charge in [0.1, 0.15) is 24.5 Å². The Morgan fingerprint density at radius 1 is 0.957 bits per heavy atom. The minimum Gasteiger partial charge on any atom is -0.373 e. The number of aldehydes is 1. The van der Waals surface area contributed by atoms with Gasteiger partial charge in [-0.15, -0.1) is 11.8 Å². The van der Waals surface area contributed by atoms with Crippen molar-refractivity contribution >= 4 is 41.7 Å². The molecule has 3 atom stereocenters. The number of ether oxygens (including phenoxy) is 3. The first-order valence-electron chi connectivity index (χ1n) is 16.2. The van der Waals surface area contributed by atoms with Gasteiger partial charge in [0.15, 0.2) is 0 Å². The van der Waals surface area contributed by atoms with Gasteiger partial charge in [0.2, 0.25) is 23.6 Å². The normalized spacial score (nSPS) is 14.1. The molecule has 47 heavy (non-hydrogen) atoms. The van der Waals surface area contributed by atoms with Crippen molar-refractivity contribution in [1.82, 2.24) is 26.2 Å². The Hall–Kier alpha value is -2.30. The van der Waals surface area contributed by atoms with Crippen molar-refractivity contribution in [2.24, 2.45) is 5.73 Å². The van der Waals surface area contributed by atoms with E-state index in [1.54, 1.807) is 41.8 Å². The number of hydrogen-bond acceptors (Lipinski definition) is 11. The van der Waals surface area contributed by atoms with Gasteiger partial charge < -0.3 is 50.9 Å². The number of unbranched alkanes of at least 4 members (excludes halogenated alkanes) is 1. The summed E-state index contributed by atoms with van der Waals surface area (Å²) < 4.78 is 17.3. The first-order valence-corrected chi connectivity index (χ1v) is 17.2. The molecule has 0 fully saturated rings. The predicted molar refractivity (Wildman–Crippen MR) is 185 cm³/mol. The molecule has 0 aromatic heterocycles. The molecule has 0 radical (unpaired) electrons. The topological polar surface area (TPSA) is 190 Å². The Bertz CT molecular complexity index is 981. The second-order valence-corrected chi connectivity index (χ2v) is 14.9. The van der Waals surface area contributed by atoms with Crippen LogP contribution in [-0.4, -0.2) is 122 Å². The molecule has 0 aliphatic carbocycles. The summed E-state index contributed by atoms with van der Waals surface area (Å²) in [7, 11) is 4.74. The van der Waals surface area contributed by atoms with Gasteiger partial charge in [0, 0.05) is 32.4 Å². The monoisotopic (exact) mass is 690 g/mol. The molecule has 0 spiro atoms.